The largest absolute Gasteiger partial charge is 0.452 e. The van der Waals surface area contributed by atoms with Crippen LogP contribution in [-0.2, 0) is 24.3 Å². The number of carbonyl (C=O) groups excluding carboxylic acids is 2. The molecule has 168 valence electrons. The molecule has 0 spiro atoms. The van der Waals surface area contributed by atoms with Crippen LogP contribution in [0.3, 0.4) is 0 Å². The van der Waals surface area contributed by atoms with E-state index in [9.17, 15) is 18.0 Å². The minimum Gasteiger partial charge on any atom is -0.452 e. The highest BCUT2D eigenvalue weighted by molar-refractivity contribution is 7.89. The Kier molecular flexibility index (Phi) is 7.39. The fourth-order valence-electron chi connectivity index (χ4n) is 2.72. The fourth-order valence-corrected chi connectivity index (χ4v) is 4.56. The molecule has 0 aliphatic heterocycles. The van der Waals surface area contributed by atoms with Crippen LogP contribution in [0.1, 0.15) is 12.5 Å². The number of hydrogen-bond acceptors (Lipinski definition) is 7. The van der Waals surface area contributed by atoms with Crippen molar-refractivity contribution in [2.45, 2.75) is 24.8 Å². The summed E-state index contributed by atoms with van der Waals surface area (Å²) in [6.45, 7) is 2.73. The van der Waals surface area contributed by atoms with Crippen LogP contribution in [0, 0.1) is 6.92 Å². The molecule has 1 atom stereocenters. The van der Waals surface area contributed by atoms with Gasteiger partial charge in [-0.05, 0) is 26.0 Å². The first-order valence-corrected chi connectivity index (χ1v) is 12.0. The van der Waals surface area contributed by atoms with E-state index in [0.717, 1.165) is 21.1 Å². The molecule has 32 heavy (non-hydrogen) atoms. The molecule has 3 aromatic rings. The van der Waals surface area contributed by atoms with Crippen LogP contribution in [0.25, 0.3) is 11.3 Å². The molecule has 10 heteroatoms. The summed E-state index contributed by atoms with van der Waals surface area (Å²) in [5.41, 5.74) is 2.56. The Morgan fingerprint density at radius 2 is 1.78 bits per heavy atom. The molecule has 2 aromatic carbocycles. The van der Waals surface area contributed by atoms with Crippen LogP contribution in [0.5, 0.6) is 0 Å². The number of rotatable bonds is 8. The lowest BCUT2D eigenvalue weighted by Gasteiger charge is -2.18. The molecule has 1 aromatic heterocycles. The third kappa shape index (κ3) is 5.78. The number of carbonyl (C=O) groups is 2. The minimum absolute atomic E-state index is 0.0715. The zero-order valence-corrected chi connectivity index (χ0v) is 19.4. The highest BCUT2D eigenvalue weighted by Gasteiger charge is 2.26. The lowest BCUT2D eigenvalue weighted by atomic mass is 10.2. The molecule has 3 rings (SSSR count). The van der Waals surface area contributed by atoms with Crippen molar-refractivity contribution < 1.29 is 22.7 Å². The van der Waals surface area contributed by atoms with E-state index in [1.54, 1.807) is 12.1 Å². The van der Waals surface area contributed by atoms with Crippen molar-refractivity contribution in [1.29, 1.82) is 0 Å². The first kappa shape index (κ1) is 23.6. The Labute approximate surface area is 190 Å². The van der Waals surface area contributed by atoms with Crippen LogP contribution in [0.15, 0.2) is 64.9 Å². The Morgan fingerprint density at radius 3 is 2.44 bits per heavy atom. The van der Waals surface area contributed by atoms with Gasteiger partial charge in [-0.1, -0.05) is 48.0 Å². The van der Waals surface area contributed by atoms with E-state index in [1.165, 1.54) is 37.4 Å². The van der Waals surface area contributed by atoms with E-state index in [1.807, 2.05) is 42.6 Å². The number of amides is 1. The molecule has 0 aliphatic rings. The molecule has 0 saturated carbocycles. The van der Waals surface area contributed by atoms with Crippen LogP contribution < -0.4 is 5.32 Å². The summed E-state index contributed by atoms with van der Waals surface area (Å²) < 4.78 is 31.2. The SMILES string of the molecule is Cc1ccc(S(=O)(=O)N(C)CC(=O)OC(C)C(=O)Nc2nc(-c3ccccc3)cs2)cc1. The number of aromatic nitrogens is 1. The molecular formula is C22H23N3O5S2. The van der Waals surface area contributed by atoms with Gasteiger partial charge in [-0.15, -0.1) is 11.3 Å². The molecule has 1 amide bonds. The second-order valence-electron chi connectivity index (χ2n) is 7.10. The van der Waals surface area contributed by atoms with Gasteiger partial charge in [0.1, 0.15) is 6.54 Å². The third-order valence-electron chi connectivity index (χ3n) is 4.56. The van der Waals surface area contributed by atoms with Crippen LogP contribution in [0.2, 0.25) is 0 Å². The Morgan fingerprint density at radius 1 is 1.12 bits per heavy atom. The van der Waals surface area contributed by atoms with Gasteiger partial charge in [0.15, 0.2) is 11.2 Å². The van der Waals surface area contributed by atoms with Gasteiger partial charge in [-0.2, -0.15) is 4.31 Å². The molecule has 1 N–H and O–H groups in total. The maximum atomic E-state index is 12.6. The van der Waals surface area contributed by atoms with Crippen molar-refractivity contribution in [3.8, 4) is 11.3 Å². The Bertz CT molecular complexity index is 1190. The van der Waals surface area contributed by atoms with E-state index < -0.39 is 34.5 Å². The van der Waals surface area contributed by atoms with E-state index in [-0.39, 0.29) is 4.90 Å². The number of hydrogen-bond donors (Lipinski definition) is 1. The van der Waals surface area contributed by atoms with E-state index in [2.05, 4.69) is 10.3 Å². The number of ether oxygens (including phenoxy) is 1. The predicted octanol–water partition coefficient (Wildman–Crippen LogP) is 3.31. The molecule has 0 bridgehead atoms. The van der Waals surface area contributed by atoms with Crippen LogP contribution in [-0.4, -0.2) is 49.3 Å². The number of thiazole rings is 1. The van der Waals surface area contributed by atoms with Gasteiger partial charge < -0.3 is 4.74 Å². The Hall–Kier alpha value is -3.08. The first-order chi connectivity index (χ1) is 15.2. The standard InChI is InChI=1S/C22H23N3O5S2/c1-15-9-11-18(12-10-15)32(28,29)25(3)13-20(26)30-16(2)21(27)24-22-23-19(14-31-22)17-7-5-4-6-8-17/h4-12,14,16H,13H2,1-3H3,(H,23,24,27). The number of benzene rings is 2. The van der Waals surface area contributed by atoms with Crippen molar-refractivity contribution in [3.05, 3.63) is 65.5 Å². The number of likely N-dealkylation sites (N-methyl/N-ethyl adjacent to an activating group) is 1. The van der Waals surface area contributed by atoms with E-state index in [4.69, 9.17) is 4.74 Å². The molecule has 8 nitrogen and oxygen atoms in total. The van der Waals surface area contributed by atoms with Crippen molar-refractivity contribution in [2.75, 3.05) is 18.9 Å². The van der Waals surface area contributed by atoms with Gasteiger partial charge >= 0.3 is 5.97 Å². The number of sulfonamides is 1. The fraction of sp³-hybridized carbons (Fsp3) is 0.227. The molecular weight excluding hydrogens is 450 g/mol. The zero-order chi connectivity index (χ0) is 23.3. The lowest BCUT2D eigenvalue weighted by Crippen LogP contribution is -2.37. The van der Waals surface area contributed by atoms with Crippen LogP contribution >= 0.6 is 11.3 Å². The molecule has 0 saturated heterocycles. The number of nitrogens with one attached hydrogen (secondary N) is 1. The molecule has 1 heterocycles. The number of aryl methyl sites for hydroxylation is 1. The van der Waals surface area contributed by atoms with Crippen molar-refractivity contribution in [1.82, 2.24) is 9.29 Å². The highest BCUT2D eigenvalue weighted by Crippen LogP contribution is 2.24. The van der Waals surface area contributed by atoms with E-state index in [0.29, 0.717) is 5.13 Å². The second-order valence-corrected chi connectivity index (χ2v) is 10.0. The average Bonchev–Trinajstić information content (AvgIpc) is 3.23. The zero-order valence-electron chi connectivity index (χ0n) is 17.8. The summed E-state index contributed by atoms with van der Waals surface area (Å²) in [5.74, 6) is -1.40. The smallest absolute Gasteiger partial charge is 0.322 e. The maximum Gasteiger partial charge on any atom is 0.322 e. The maximum absolute atomic E-state index is 12.6. The van der Waals surface area contributed by atoms with Gasteiger partial charge in [-0.3, -0.25) is 14.9 Å². The van der Waals surface area contributed by atoms with Crippen molar-refractivity contribution in [3.63, 3.8) is 0 Å². The molecule has 1 unspecified atom stereocenters. The average molecular weight is 474 g/mol. The van der Waals surface area contributed by atoms with E-state index >= 15 is 0 Å². The highest BCUT2D eigenvalue weighted by atomic mass is 32.2. The summed E-state index contributed by atoms with van der Waals surface area (Å²) in [4.78, 5) is 29.0. The van der Waals surface area contributed by atoms with Crippen molar-refractivity contribution in [2.24, 2.45) is 0 Å². The summed E-state index contributed by atoms with van der Waals surface area (Å²) >= 11 is 1.25. The normalized spacial score (nSPS) is 12.4. The Balaban J connectivity index is 1.55. The number of nitrogens with zero attached hydrogens (tertiary/aromatic N) is 2. The minimum atomic E-state index is -3.86. The number of esters is 1. The quantitative estimate of drug-likeness (QED) is 0.503. The van der Waals surface area contributed by atoms with Gasteiger partial charge in [0.25, 0.3) is 5.91 Å². The molecule has 0 aliphatic carbocycles. The summed E-state index contributed by atoms with van der Waals surface area (Å²) in [7, 11) is -2.58. The lowest BCUT2D eigenvalue weighted by molar-refractivity contribution is -0.153. The molecule has 0 fully saturated rings. The monoisotopic (exact) mass is 473 g/mol. The summed E-state index contributed by atoms with van der Waals surface area (Å²) in [6, 6.07) is 15.8. The van der Waals surface area contributed by atoms with Crippen molar-refractivity contribution >= 4 is 38.4 Å². The molecule has 0 radical (unpaired) electrons. The summed E-state index contributed by atoms with van der Waals surface area (Å²) in [6.07, 6.45) is -1.12. The second kappa shape index (κ2) is 10.0. The number of anilines is 1. The topological polar surface area (TPSA) is 106 Å². The third-order valence-corrected chi connectivity index (χ3v) is 7.14. The van der Waals surface area contributed by atoms with Gasteiger partial charge in [0.05, 0.1) is 10.6 Å². The van der Waals surface area contributed by atoms with Gasteiger partial charge in [0, 0.05) is 18.0 Å². The first-order valence-electron chi connectivity index (χ1n) is 9.71. The van der Waals surface area contributed by atoms with Gasteiger partial charge in [-0.25, -0.2) is 13.4 Å². The van der Waals surface area contributed by atoms with Crippen LogP contribution in [0.4, 0.5) is 5.13 Å². The van der Waals surface area contributed by atoms with Gasteiger partial charge in [0.2, 0.25) is 10.0 Å². The predicted molar refractivity (Wildman–Crippen MR) is 123 cm³/mol. The summed E-state index contributed by atoms with van der Waals surface area (Å²) in [5, 5.41) is 4.79.